The van der Waals surface area contributed by atoms with Crippen molar-refractivity contribution >= 4 is 23.7 Å². The summed E-state index contributed by atoms with van der Waals surface area (Å²) in [6.07, 6.45) is 3.36. The molecule has 0 radical (unpaired) electrons. The fraction of sp³-hybridized carbons (Fsp3) is 0.583. The number of nitrogens with two attached hydrogens (primary N) is 3. The molecule has 1 rings (SSSR count). The lowest BCUT2D eigenvalue weighted by Crippen LogP contribution is -2.56. The monoisotopic (exact) mass is 508 g/mol. The Morgan fingerprint density at radius 1 is 0.806 bits per heavy atom. The minimum atomic E-state index is -1.24. The standard InChI is InChI=1S/C24H40N6O6/c1-15(21(32)30-20(24(35)36)14-16-8-10-17(31)11-9-16)28-23(34)19(7-3-5-13-26)29-22(33)18(27)6-2-4-12-25/h8-11,15,18-20,31H,2-7,12-14,25-27H2,1H3,(H,28,34)(H,29,33)(H,30,32)(H,35,36). The quantitative estimate of drug-likeness (QED) is 0.122. The molecule has 0 fully saturated rings. The maximum atomic E-state index is 12.9. The molecule has 0 aliphatic heterocycles. The lowest BCUT2D eigenvalue weighted by Gasteiger charge is -2.23. The van der Waals surface area contributed by atoms with Gasteiger partial charge in [-0.15, -0.1) is 0 Å². The second kappa shape index (κ2) is 16.5. The summed E-state index contributed by atoms with van der Waals surface area (Å²) in [4.78, 5) is 49.7. The van der Waals surface area contributed by atoms with Gasteiger partial charge in [0, 0.05) is 6.42 Å². The number of nitrogens with one attached hydrogen (secondary N) is 3. The Morgan fingerprint density at radius 3 is 1.92 bits per heavy atom. The third-order valence-electron chi connectivity index (χ3n) is 5.63. The minimum Gasteiger partial charge on any atom is -0.508 e. The van der Waals surface area contributed by atoms with Crippen LogP contribution in [0.15, 0.2) is 24.3 Å². The highest BCUT2D eigenvalue weighted by Crippen LogP contribution is 2.12. The van der Waals surface area contributed by atoms with Crippen LogP contribution in [0.3, 0.4) is 0 Å². The molecule has 0 saturated heterocycles. The van der Waals surface area contributed by atoms with Crippen molar-refractivity contribution in [1.29, 1.82) is 0 Å². The van der Waals surface area contributed by atoms with E-state index in [2.05, 4.69) is 16.0 Å². The number of carbonyl (C=O) groups is 4. The first-order valence-corrected chi connectivity index (χ1v) is 12.2. The van der Waals surface area contributed by atoms with Gasteiger partial charge in [0.2, 0.25) is 17.7 Å². The molecule has 1 aromatic rings. The second-order valence-corrected chi connectivity index (χ2v) is 8.74. The molecule has 12 nitrogen and oxygen atoms in total. The summed E-state index contributed by atoms with van der Waals surface area (Å²) in [5, 5.41) is 26.5. The molecule has 4 unspecified atom stereocenters. The van der Waals surface area contributed by atoms with E-state index < -0.39 is 47.9 Å². The van der Waals surface area contributed by atoms with Crippen molar-refractivity contribution < 1.29 is 29.4 Å². The van der Waals surface area contributed by atoms with Crippen LogP contribution in [0.1, 0.15) is 51.0 Å². The van der Waals surface area contributed by atoms with E-state index in [1.54, 1.807) is 12.1 Å². The number of carbonyl (C=O) groups excluding carboxylic acids is 3. The highest BCUT2D eigenvalue weighted by atomic mass is 16.4. The number of hydrogen-bond acceptors (Lipinski definition) is 8. The zero-order chi connectivity index (χ0) is 27.1. The number of aliphatic carboxylic acids is 1. The molecule has 0 heterocycles. The van der Waals surface area contributed by atoms with Crippen LogP contribution < -0.4 is 33.2 Å². The third-order valence-corrected chi connectivity index (χ3v) is 5.63. The number of benzene rings is 1. The largest absolute Gasteiger partial charge is 0.508 e. The highest BCUT2D eigenvalue weighted by Gasteiger charge is 2.28. The molecule has 3 amide bonds. The van der Waals surface area contributed by atoms with Crippen LogP contribution in [0.5, 0.6) is 5.75 Å². The molecule has 36 heavy (non-hydrogen) atoms. The van der Waals surface area contributed by atoms with Gasteiger partial charge in [0.15, 0.2) is 0 Å². The number of phenols is 1. The van der Waals surface area contributed by atoms with Crippen molar-refractivity contribution in [1.82, 2.24) is 16.0 Å². The van der Waals surface area contributed by atoms with Gasteiger partial charge in [0.25, 0.3) is 0 Å². The molecular formula is C24H40N6O6. The molecule has 0 aliphatic rings. The Labute approximate surface area is 211 Å². The fourth-order valence-corrected chi connectivity index (χ4v) is 3.42. The molecule has 0 aliphatic carbocycles. The lowest BCUT2D eigenvalue weighted by atomic mass is 10.0. The van der Waals surface area contributed by atoms with Gasteiger partial charge in [-0.1, -0.05) is 18.6 Å². The van der Waals surface area contributed by atoms with Gasteiger partial charge in [-0.2, -0.15) is 0 Å². The molecular weight excluding hydrogens is 468 g/mol. The van der Waals surface area contributed by atoms with Crippen LogP contribution in [0.25, 0.3) is 0 Å². The average Bonchev–Trinajstić information content (AvgIpc) is 2.84. The SMILES string of the molecule is CC(NC(=O)C(CCCCN)NC(=O)C(N)CCCCN)C(=O)NC(Cc1ccc(O)cc1)C(=O)O. The van der Waals surface area contributed by atoms with Crippen LogP contribution in [-0.4, -0.2) is 71.2 Å². The molecule has 0 bridgehead atoms. The Balaban J connectivity index is 2.76. The van der Waals surface area contributed by atoms with Crippen molar-refractivity contribution in [2.24, 2.45) is 17.2 Å². The smallest absolute Gasteiger partial charge is 0.326 e. The minimum absolute atomic E-state index is 0.0121. The Bertz CT molecular complexity index is 850. The highest BCUT2D eigenvalue weighted by molar-refractivity contribution is 5.93. The molecule has 1 aromatic carbocycles. The van der Waals surface area contributed by atoms with Gasteiger partial charge in [-0.25, -0.2) is 4.79 Å². The van der Waals surface area contributed by atoms with E-state index in [1.807, 2.05) is 0 Å². The van der Waals surface area contributed by atoms with E-state index >= 15 is 0 Å². The van der Waals surface area contributed by atoms with Crippen LogP contribution in [0.4, 0.5) is 0 Å². The number of amides is 3. The first-order valence-electron chi connectivity index (χ1n) is 12.2. The average molecular weight is 509 g/mol. The number of carboxylic acid groups (broad SMARTS) is 1. The lowest BCUT2D eigenvalue weighted by molar-refractivity contribution is -0.142. The van der Waals surface area contributed by atoms with Crippen LogP contribution >= 0.6 is 0 Å². The van der Waals surface area contributed by atoms with Gasteiger partial charge >= 0.3 is 5.97 Å². The van der Waals surface area contributed by atoms with Crippen molar-refractivity contribution in [3.05, 3.63) is 29.8 Å². The number of carboxylic acids is 1. The summed E-state index contributed by atoms with van der Waals surface area (Å²) in [7, 11) is 0. The molecule has 12 heteroatoms. The zero-order valence-corrected chi connectivity index (χ0v) is 20.7. The third kappa shape index (κ3) is 11.5. The van der Waals surface area contributed by atoms with Crippen molar-refractivity contribution in [2.75, 3.05) is 13.1 Å². The van der Waals surface area contributed by atoms with Crippen LogP contribution in [0.2, 0.25) is 0 Å². The number of unbranched alkanes of at least 4 members (excludes halogenated alkanes) is 2. The van der Waals surface area contributed by atoms with E-state index in [4.69, 9.17) is 17.2 Å². The second-order valence-electron chi connectivity index (χ2n) is 8.74. The summed E-state index contributed by atoms with van der Waals surface area (Å²) in [5.41, 5.74) is 17.5. The molecule has 0 aromatic heterocycles. The first kappa shape index (κ1) is 30.8. The normalized spacial score (nSPS) is 14.2. The van der Waals surface area contributed by atoms with E-state index in [9.17, 15) is 29.4 Å². The number of hydrogen-bond donors (Lipinski definition) is 8. The van der Waals surface area contributed by atoms with E-state index in [-0.39, 0.29) is 12.2 Å². The van der Waals surface area contributed by atoms with Gasteiger partial charge < -0.3 is 43.4 Å². The molecule has 0 spiro atoms. The molecule has 202 valence electrons. The van der Waals surface area contributed by atoms with Gasteiger partial charge in [0.1, 0.15) is 23.9 Å². The fourth-order valence-electron chi connectivity index (χ4n) is 3.42. The van der Waals surface area contributed by atoms with Gasteiger partial charge in [-0.05, 0) is 69.8 Å². The summed E-state index contributed by atoms with van der Waals surface area (Å²) >= 11 is 0. The van der Waals surface area contributed by atoms with Gasteiger partial charge in [-0.3, -0.25) is 14.4 Å². The zero-order valence-electron chi connectivity index (χ0n) is 20.7. The van der Waals surface area contributed by atoms with Crippen LogP contribution in [0, 0.1) is 0 Å². The molecule has 0 saturated carbocycles. The first-order chi connectivity index (χ1) is 17.1. The predicted molar refractivity (Wildman–Crippen MR) is 135 cm³/mol. The van der Waals surface area contributed by atoms with E-state index in [1.165, 1.54) is 19.1 Å². The summed E-state index contributed by atoms with van der Waals surface area (Å²) < 4.78 is 0. The Hall–Kier alpha value is -3.22. The van der Waals surface area contributed by atoms with E-state index in [0.717, 1.165) is 6.42 Å². The Kier molecular flexibility index (Phi) is 14.1. The molecule has 4 atom stereocenters. The number of aromatic hydroxyl groups is 1. The predicted octanol–water partition coefficient (Wildman–Crippen LogP) is -0.921. The van der Waals surface area contributed by atoms with Crippen molar-refractivity contribution in [2.45, 2.75) is 76.0 Å². The van der Waals surface area contributed by atoms with Crippen molar-refractivity contribution in [3.63, 3.8) is 0 Å². The summed E-state index contributed by atoms with van der Waals surface area (Å²) in [5.74, 6) is -2.96. The maximum absolute atomic E-state index is 12.9. The van der Waals surface area contributed by atoms with Crippen molar-refractivity contribution in [3.8, 4) is 5.75 Å². The maximum Gasteiger partial charge on any atom is 0.326 e. The topological polar surface area (TPSA) is 223 Å². The number of rotatable bonds is 17. The summed E-state index contributed by atoms with van der Waals surface area (Å²) in [6.45, 7) is 2.34. The molecule has 11 N–H and O–H groups in total. The number of phenolic OH excluding ortho intramolecular Hbond substituents is 1. The van der Waals surface area contributed by atoms with E-state index in [0.29, 0.717) is 50.8 Å². The summed E-state index contributed by atoms with van der Waals surface area (Å²) in [6, 6.07) is 1.92. The van der Waals surface area contributed by atoms with Gasteiger partial charge in [0.05, 0.1) is 6.04 Å². The Morgan fingerprint density at radius 2 is 1.36 bits per heavy atom. The van der Waals surface area contributed by atoms with Crippen LogP contribution in [-0.2, 0) is 25.6 Å².